The minimum absolute atomic E-state index is 0.0640. The van der Waals surface area contributed by atoms with Crippen molar-refractivity contribution >= 4 is 5.78 Å². The molecule has 0 radical (unpaired) electrons. The Labute approximate surface area is 98.2 Å². The summed E-state index contributed by atoms with van der Waals surface area (Å²) in [5, 5.41) is 9.73. The van der Waals surface area contributed by atoms with Crippen LogP contribution in [0.3, 0.4) is 0 Å². The van der Waals surface area contributed by atoms with Crippen LogP contribution in [-0.2, 0) is 9.53 Å². The molecular formula is C13H24O3. The number of aliphatic hydroxyl groups excluding tert-OH is 1. The van der Waals surface area contributed by atoms with Crippen LogP contribution in [0, 0.1) is 11.8 Å². The van der Waals surface area contributed by atoms with Gasteiger partial charge < -0.3 is 9.84 Å². The molecule has 3 atom stereocenters. The highest BCUT2D eigenvalue weighted by Crippen LogP contribution is 2.31. The second kappa shape index (κ2) is 7.02. The van der Waals surface area contributed by atoms with E-state index in [-0.39, 0.29) is 5.92 Å². The summed E-state index contributed by atoms with van der Waals surface area (Å²) in [6, 6.07) is 0. The number of carbonyl (C=O) groups is 1. The summed E-state index contributed by atoms with van der Waals surface area (Å²) in [7, 11) is 0. The van der Waals surface area contributed by atoms with Crippen molar-refractivity contribution in [3.05, 3.63) is 0 Å². The highest BCUT2D eigenvalue weighted by Gasteiger charge is 2.29. The van der Waals surface area contributed by atoms with Gasteiger partial charge in [0.2, 0.25) is 0 Å². The topological polar surface area (TPSA) is 46.5 Å². The fourth-order valence-electron chi connectivity index (χ4n) is 2.45. The van der Waals surface area contributed by atoms with Crippen molar-refractivity contribution < 1.29 is 14.6 Å². The zero-order chi connectivity index (χ0) is 12.0. The first-order valence-corrected chi connectivity index (χ1v) is 6.45. The van der Waals surface area contributed by atoms with Gasteiger partial charge in [0.25, 0.3) is 0 Å². The van der Waals surface area contributed by atoms with E-state index in [1.165, 1.54) is 0 Å². The summed E-state index contributed by atoms with van der Waals surface area (Å²) < 4.78 is 5.16. The number of rotatable bonds is 6. The molecule has 1 saturated carbocycles. The minimum Gasteiger partial charge on any atom is -0.391 e. The molecule has 3 unspecified atom stereocenters. The smallest absolute Gasteiger partial charge is 0.136 e. The Kier molecular flexibility index (Phi) is 5.99. The van der Waals surface area contributed by atoms with E-state index in [9.17, 15) is 9.90 Å². The van der Waals surface area contributed by atoms with Crippen LogP contribution in [0.5, 0.6) is 0 Å². The molecule has 0 aliphatic heterocycles. The summed E-state index contributed by atoms with van der Waals surface area (Å²) in [6.07, 6.45) is 3.93. The third-order valence-corrected chi connectivity index (χ3v) is 3.52. The van der Waals surface area contributed by atoms with Gasteiger partial charge in [-0.05, 0) is 32.1 Å². The highest BCUT2D eigenvalue weighted by atomic mass is 16.5. The van der Waals surface area contributed by atoms with Crippen LogP contribution in [0.15, 0.2) is 0 Å². The van der Waals surface area contributed by atoms with Crippen LogP contribution < -0.4 is 0 Å². The number of aliphatic hydroxyl groups is 1. The van der Waals surface area contributed by atoms with Crippen molar-refractivity contribution in [2.45, 2.75) is 52.1 Å². The molecule has 1 rings (SSSR count). The van der Waals surface area contributed by atoms with Gasteiger partial charge in [0, 0.05) is 18.9 Å². The number of ether oxygens (including phenoxy) is 1. The van der Waals surface area contributed by atoms with Crippen LogP contribution in [0.25, 0.3) is 0 Å². The lowest BCUT2D eigenvalue weighted by molar-refractivity contribution is -0.127. The molecule has 16 heavy (non-hydrogen) atoms. The lowest BCUT2D eigenvalue weighted by atomic mass is 9.77. The molecule has 1 fully saturated rings. The molecule has 0 aromatic carbocycles. The fourth-order valence-corrected chi connectivity index (χ4v) is 2.45. The zero-order valence-electron chi connectivity index (χ0n) is 10.4. The van der Waals surface area contributed by atoms with Gasteiger partial charge in [-0.3, -0.25) is 4.79 Å². The first-order valence-electron chi connectivity index (χ1n) is 6.45. The van der Waals surface area contributed by atoms with Crippen LogP contribution in [0.4, 0.5) is 0 Å². The Morgan fingerprint density at radius 3 is 2.88 bits per heavy atom. The van der Waals surface area contributed by atoms with Crippen LogP contribution in [0.2, 0.25) is 0 Å². The Morgan fingerprint density at radius 1 is 1.50 bits per heavy atom. The molecule has 0 aromatic heterocycles. The number of carbonyl (C=O) groups excluding carboxylic acids is 1. The van der Waals surface area contributed by atoms with E-state index in [4.69, 9.17) is 4.74 Å². The predicted molar refractivity (Wildman–Crippen MR) is 63.2 cm³/mol. The maximum absolute atomic E-state index is 11.7. The van der Waals surface area contributed by atoms with E-state index >= 15 is 0 Å². The standard InChI is InChI=1S/C13H24O3/c1-3-10-5-6-13(15)11(7-10)8-12(14)9-16-4-2/h10-12,14H,3-9H2,1-2H3. The summed E-state index contributed by atoms with van der Waals surface area (Å²) in [5.41, 5.74) is 0. The molecule has 1 N–H and O–H groups in total. The van der Waals surface area contributed by atoms with Gasteiger partial charge in [-0.2, -0.15) is 0 Å². The van der Waals surface area contributed by atoms with Gasteiger partial charge in [-0.25, -0.2) is 0 Å². The second-order valence-corrected chi connectivity index (χ2v) is 4.76. The Hall–Kier alpha value is -0.410. The molecule has 0 amide bonds. The van der Waals surface area contributed by atoms with E-state index < -0.39 is 6.10 Å². The normalized spacial score (nSPS) is 28.1. The van der Waals surface area contributed by atoms with E-state index in [1.54, 1.807) is 0 Å². The summed E-state index contributed by atoms with van der Waals surface area (Å²) >= 11 is 0. The maximum Gasteiger partial charge on any atom is 0.136 e. The van der Waals surface area contributed by atoms with Crippen LogP contribution in [0.1, 0.15) is 46.0 Å². The quantitative estimate of drug-likeness (QED) is 0.758. The van der Waals surface area contributed by atoms with E-state index in [2.05, 4.69) is 6.92 Å². The SMILES string of the molecule is CCOCC(O)CC1CC(CC)CCC1=O. The Morgan fingerprint density at radius 2 is 2.25 bits per heavy atom. The van der Waals surface area contributed by atoms with Crippen LogP contribution >= 0.6 is 0 Å². The van der Waals surface area contributed by atoms with Gasteiger partial charge in [0.15, 0.2) is 0 Å². The molecule has 0 saturated heterocycles. The molecule has 0 bridgehead atoms. The van der Waals surface area contributed by atoms with Gasteiger partial charge in [0.05, 0.1) is 12.7 Å². The second-order valence-electron chi connectivity index (χ2n) is 4.76. The van der Waals surface area contributed by atoms with Crippen molar-refractivity contribution in [3.63, 3.8) is 0 Å². The van der Waals surface area contributed by atoms with Gasteiger partial charge in [0.1, 0.15) is 5.78 Å². The van der Waals surface area contributed by atoms with E-state index in [0.29, 0.717) is 37.8 Å². The van der Waals surface area contributed by atoms with Crippen LogP contribution in [-0.4, -0.2) is 30.2 Å². The third-order valence-electron chi connectivity index (χ3n) is 3.52. The molecule has 0 aromatic rings. The number of ketones is 1. The first kappa shape index (κ1) is 13.7. The molecule has 3 heteroatoms. The highest BCUT2D eigenvalue weighted by molar-refractivity contribution is 5.81. The van der Waals surface area contributed by atoms with Gasteiger partial charge >= 0.3 is 0 Å². The number of Topliss-reactive ketones (excluding diaryl/α,β-unsaturated/α-hetero) is 1. The Balaban J connectivity index is 2.35. The Bertz CT molecular complexity index is 215. The fraction of sp³-hybridized carbons (Fsp3) is 0.923. The van der Waals surface area contributed by atoms with Crippen molar-refractivity contribution in [2.75, 3.05) is 13.2 Å². The maximum atomic E-state index is 11.7. The first-order chi connectivity index (χ1) is 7.67. The molecule has 94 valence electrons. The summed E-state index contributed by atoms with van der Waals surface area (Å²) in [6.45, 7) is 5.06. The number of hydrogen-bond donors (Lipinski definition) is 1. The largest absolute Gasteiger partial charge is 0.391 e. The van der Waals surface area contributed by atoms with Gasteiger partial charge in [-0.15, -0.1) is 0 Å². The molecule has 1 aliphatic carbocycles. The molecule has 0 heterocycles. The van der Waals surface area contributed by atoms with Gasteiger partial charge in [-0.1, -0.05) is 13.3 Å². The molecule has 3 nitrogen and oxygen atoms in total. The zero-order valence-corrected chi connectivity index (χ0v) is 10.4. The third kappa shape index (κ3) is 4.22. The molecule has 1 aliphatic rings. The van der Waals surface area contributed by atoms with Crippen molar-refractivity contribution in [1.29, 1.82) is 0 Å². The molecular weight excluding hydrogens is 204 g/mol. The monoisotopic (exact) mass is 228 g/mol. The average molecular weight is 228 g/mol. The average Bonchev–Trinajstić information content (AvgIpc) is 2.29. The summed E-state index contributed by atoms with van der Waals surface area (Å²) in [5.74, 6) is 1.07. The van der Waals surface area contributed by atoms with E-state index in [0.717, 1.165) is 19.3 Å². The lowest BCUT2D eigenvalue weighted by Gasteiger charge is -2.28. The minimum atomic E-state index is -0.482. The number of hydrogen-bond acceptors (Lipinski definition) is 3. The van der Waals surface area contributed by atoms with Crippen molar-refractivity contribution in [3.8, 4) is 0 Å². The van der Waals surface area contributed by atoms with Crippen molar-refractivity contribution in [1.82, 2.24) is 0 Å². The predicted octanol–water partition coefficient (Wildman–Crippen LogP) is 2.17. The molecule has 0 spiro atoms. The lowest BCUT2D eigenvalue weighted by Crippen LogP contribution is -2.29. The summed E-state index contributed by atoms with van der Waals surface area (Å²) in [4.78, 5) is 11.7. The van der Waals surface area contributed by atoms with E-state index in [1.807, 2.05) is 6.92 Å². The van der Waals surface area contributed by atoms with Crippen molar-refractivity contribution in [2.24, 2.45) is 11.8 Å².